The number of aliphatic hydroxyl groups excluding tert-OH is 4. The third kappa shape index (κ3) is 3.16. The molecule has 0 heterocycles. The van der Waals surface area contributed by atoms with Crippen LogP contribution in [-0.2, 0) is 4.79 Å². The fourth-order valence-corrected chi connectivity index (χ4v) is 0.984. The maximum Gasteiger partial charge on any atom is 0.151 e. The van der Waals surface area contributed by atoms with Crippen molar-refractivity contribution in [2.24, 2.45) is 0 Å². The van der Waals surface area contributed by atoms with Crippen LogP contribution in [0.5, 0.6) is 0 Å². The Morgan fingerprint density at radius 1 is 1.17 bits per heavy atom. The Kier molecular flexibility index (Phi) is 5.60. The SMILES string of the molecule is O=C[C@@H](O)[C@@H](O)[C@H](O)[C@H](O)CBr. The summed E-state index contributed by atoms with van der Waals surface area (Å²) in [6.45, 7) is 0. The number of hydrogen-bond donors (Lipinski definition) is 4. The zero-order valence-corrected chi connectivity index (χ0v) is 7.75. The first-order chi connectivity index (χ1) is 5.54. The number of rotatable bonds is 5. The Balaban J connectivity index is 4.07. The summed E-state index contributed by atoms with van der Waals surface area (Å²) < 4.78 is 0. The van der Waals surface area contributed by atoms with Crippen molar-refractivity contribution in [3.8, 4) is 0 Å². The Morgan fingerprint density at radius 2 is 1.67 bits per heavy atom. The van der Waals surface area contributed by atoms with Gasteiger partial charge < -0.3 is 25.2 Å². The summed E-state index contributed by atoms with van der Waals surface area (Å²) in [7, 11) is 0. The summed E-state index contributed by atoms with van der Waals surface area (Å²) in [5.41, 5.74) is 0. The zero-order valence-electron chi connectivity index (χ0n) is 6.17. The molecule has 0 spiro atoms. The molecule has 0 aliphatic rings. The molecule has 0 radical (unpaired) electrons. The number of aldehydes is 1. The number of carbonyl (C=O) groups excluding carboxylic acids is 1. The molecule has 0 rings (SSSR count). The van der Waals surface area contributed by atoms with E-state index in [1.807, 2.05) is 0 Å². The van der Waals surface area contributed by atoms with Crippen LogP contribution in [0.4, 0.5) is 0 Å². The van der Waals surface area contributed by atoms with Crippen molar-refractivity contribution in [3.05, 3.63) is 0 Å². The van der Waals surface area contributed by atoms with Crippen LogP contribution < -0.4 is 0 Å². The summed E-state index contributed by atoms with van der Waals surface area (Å²) in [6.07, 6.45) is -5.99. The summed E-state index contributed by atoms with van der Waals surface area (Å²) in [5, 5.41) is 35.8. The highest BCUT2D eigenvalue weighted by atomic mass is 79.9. The van der Waals surface area contributed by atoms with Crippen LogP contribution in [0.3, 0.4) is 0 Å². The van der Waals surface area contributed by atoms with Gasteiger partial charge in [0.25, 0.3) is 0 Å². The summed E-state index contributed by atoms with van der Waals surface area (Å²) >= 11 is 2.86. The first-order valence-corrected chi connectivity index (χ1v) is 4.40. The maximum absolute atomic E-state index is 9.95. The minimum Gasteiger partial charge on any atom is -0.389 e. The topological polar surface area (TPSA) is 98.0 Å². The Morgan fingerprint density at radius 3 is 2.00 bits per heavy atom. The lowest BCUT2D eigenvalue weighted by Gasteiger charge is -2.22. The number of halogens is 1. The fourth-order valence-electron chi connectivity index (χ4n) is 0.601. The molecular formula is C6H11BrO5. The lowest BCUT2D eigenvalue weighted by atomic mass is 10.1. The number of alkyl halides is 1. The van der Waals surface area contributed by atoms with Crippen molar-refractivity contribution in [3.63, 3.8) is 0 Å². The smallest absolute Gasteiger partial charge is 0.151 e. The molecule has 6 heteroatoms. The molecule has 4 atom stereocenters. The van der Waals surface area contributed by atoms with Crippen molar-refractivity contribution in [2.75, 3.05) is 5.33 Å². The maximum atomic E-state index is 9.95. The van der Waals surface area contributed by atoms with Gasteiger partial charge in [0.2, 0.25) is 0 Å². The molecule has 4 N–H and O–H groups in total. The van der Waals surface area contributed by atoms with E-state index in [4.69, 9.17) is 20.4 Å². The zero-order chi connectivity index (χ0) is 9.72. The molecule has 0 aromatic carbocycles. The minimum absolute atomic E-state index is 0.0524. The van der Waals surface area contributed by atoms with E-state index >= 15 is 0 Å². The van der Waals surface area contributed by atoms with E-state index in [-0.39, 0.29) is 11.6 Å². The lowest BCUT2D eigenvalue weighted by Crippen LogP contribution is -2.45. The predicted molar refractivity (Wildman–Crippen MR) is 43.9 cm³/mol. The molecule has 0 amide bonds. The van der Waals surface area contributed by atoms with Crippen LogP contribution in [0.2, 0.25) is 0 Å². The molecule has 0 aromatic rings. The van der Waals surface area contributed by atoms with Gasteiger partial charge in [0.15, 0.2) is 6.29 Å². The van der Waals surface area contributed by atoms with E-state index in [2.05, 4.69) is 15.9 Å². The molecule has 0 saturated heterocycles. The molecule has 5 nitrogen and oxygen atoms in total. The molecule has 0 aliphatic heterocycles. The quantitative estimate of drug-likeness (QED) is 0.331. The number of aliphatic hydroxyl groups is 4. The van der Waals surface area contributed by atoms with E-state index < -0.39 is 24.4 Å². The number of carbonyl (C=O) groups is 1. The molecule has 0 unspecified atom stereocenters. The van der Waals surface area contributed by atoms with Crippen LogP contribution in [0.15, 0.2) is 0 Å². The van der Waals surface area contributed by atoms with E-state index in [1.165, 1.54) is 0 Å². The van der Waals surface area contributed by atoms with Gasteiger partial charge in [-0.25, -0.2) is 0 Å². The monoisotopic (exact) mass is 242 g/mol. The van der Waals surface area contributed by atoms with Crippen LogP contribution in [0.1, 0.15) is 0 Å². The van der Waals surface area contributed by atoms with Crippen LogP contribution in [0.25, 0.3) is 0 Å². The Labute approximate surface area is 77.8 Å². The van der Waals surface area contributed by atoms with Crippen LogP contribution in [-0.4, -0.2) is 56.5 Å². The minimum atomic E-state index is -1.67. The van der Waals surface area contributed by atoms with Crippen molar-refractivity contribution in [2.45, 2.75) is 24.4 Å². The Hall–Kier alpha value is -0.01000. The molecule has 0 fully saturated rings. The van der Waals surface area contributed by atoms with Gasteiger partial charge >= 0.3 is 0 Å². The van der Waals surface area contributed by atoms with Gasteiger partial charge in [-0.05, 0) is 0 Å². The molecule has 12 heavy (non-hydrogen) atoms. The largest absolute Gasteiger partial charge is 0.389 e. The number of hydrogen-bond acceptors (Lipinski definition) is 5. The highest BCUT2D eigenvalue weighted by Gasteiger charge is 2.29. The molecule has 0 aliphatic carbocycles. The second-order valence-electron chi connectivity index (χ2n) is 2.33. The van der Waals surface area contributed by atoms with Gasteiger partial charge in [-0.2, -0.15) is 0 Å². The Bertz CT molecular complexity index is 142. The van der Waals surface area contributed by atoms with E-state index in [1.54, 1.807) is 0 Å². The molecular weight excluding hydrogens is 232 g/mol. The molecule has 0 aromatic heterocycles. The molecule has 0 bridgehead atoms. The molecule has 72 valence electrons. The van der Waals surface area contributed by atoms with Crippen molar-refractivity contribution in [1.82, 2.24) is 0 Å². The highest BCUT2D eigenvalue weighted by Crippen LogP contribution is 2.05. The van der Waals surface area contributed by atoms with Gasteiger partial charge in [0.1, 0.15) is 18.3 Å². The van der Waals surface area contributed by atoms with Crippen molar-refractivity contribution in [1.29, 1.82) is 0 Å². The first kappa shape index (κ1) is 12.0. The fraction of sp³-hybridized carbons (Fsp3) is 0.833. The second-order valence-corrected chi connectivity index (χ2v) is 2.98. The second kappa shape index (κ2) is 5.60. The van der Waals surface area contributed by atoms with E-state index in [0.29, 0.717) is 0 Å². The average Bonchev–Trinajstić information content (AvgIpc) is 2.12. The van der Waals surface area contributed by atoms with Gasteiger partial charge in [-0.3, -0.25) is 0 Å². The first-order valence-electron chi connectivity index (χ1n) is 3.28. The standard InChI is InChI=1S/C6H11BrO5/c7-1-3(9)5(11)6(12)4(10)2-8/h2-6,9-12H,1H2/t3-,4-,5-,6-/m1/s1. The summed E-state index contributed by atoms with van der Waals surface area (Å²) in [5.74, 6) is 0. The average molecular weight is 243 g/mol. The van der Waals surface area contributed by atoms with Gasteiger partial charge in [-0.15, -0.1) is 0 Å². The van der Waals surface area contributed by atoms with E-state index in [0.717, 1.165) is 0 Å². The lowest BCUT2D eigenvalue weighted by molar-refractivity contribution is -0.131. The summed E-state index contributed by atoms with van der Waals surface area (Å²) in [6, 6.07) is 0. The van der Waals surface area contributed by atoms with Gasteiger partial charge in [-0.1, -0.05) is 15.9 Å². The third-order valence-corrected chi connectivity index (χ3v) is 2.05. The van der Waals surface area contributed by atoms with E-state index in [9.17, 15) is 4.79 Å². The van der Waals surface area contributed by atoms with Crippen molar-refractivity contribution < 1.29 is 25.2 Å². The normalized spacial score (nSPS) is 21.1. The van der Waals surface area contributed by atoms with Crippen molar-refractivity contribution >= 4 is 22.2 Å². The van der Waals surface area contributed by atoms with Crippen LogP contribution >= 0.6 is 15.9 Å². The van der Waals surface area contributed by atoms with Crippen LogP contribution in [0, 0.1) is 0 Å². The summed E-state index contributed by atoms with van der Waals surface area (Å²) in [4.78, 5) is 9.95. The van der Waals surface area contributed by atoms with Gasteiger partial charge in [0.05, 0.1) is 6.10 Å². The van der Waals surface area contributed by atoms with Gasteiger partial charge in [0, 0.05) is 5.33 Å². The highest BCUT2D eigenvalue weighted by molar-refractivity contribution is 9.09. The third-order valence-electron chi connectivity index (χ3n) is 1.39. The predicted octanol–water partition coefficient (Wildman–Crippen LogP) is -1.98. The molecule has 0 saturated carbocycles.